The van der Waals surface area contributed by atoms with Gasteiger partial charge >= 0.3 is 0 Å². The van der Waals surface area contributed by atoms with Crippen molar-refractivity contribution < 1.29 is 9.32 Å². The molecule has 2 N–H and O–H groups in total. The Labute approximate surface area is 166 Å². The van der Waals surface area contributed by atoms with Gasteiger partial charge in [-0.25, -0.2) is 4.98 Å². The van der Waals surface area contributed by atoms with Gasteiger partial charge in [0.05, 0.1) is 16.6 Å². The Balaban J connectivity index is 0.00000210. The molecule has 27 heavy (non-hydrogen) atoms. The zero-order valence-corrected chi connectivity index (χ0v) is 16.9. The van der Waals surface area contributed by atoms with Crippen LogP contribution in [-0.2, 0) is 6.42 Å². The summed E-state index contributed by atoms with van der Waals surface area (Å²) in [6.07, 6.45) is 5.98. The first-order valence-corrected chi connectivity index (χ1v) is 9.92. The minimum atomic E-state index is 0. The van der Waals surface area contributed by atoms with Gasteiger partial charge in [0, 0.05) is 30.7 Å². The van der Waals surface area contributed by atoms with Gasteiger partial charge in [-0.2, -0.15) is 0 Å². The van der Waals surface area contributed by atoms with Crippen molar-refractivity contribution in [2.45, 2.75) is 64.3 Å². The molecular formula is C20H29ClN4O2. The van der Waals surface area contributed by atoms with E-state index in [0.29, 0.717) is 17.5 Å². The second kappa shape index (κ2) is 8.15. The third kappa shape index (κ3) is 3.97. The number of aryl methyl sites for hydroxylation is 1. The molecular weight excluding hydrogens is 364 g/mol. The molecule has 1 aliphatic heterocycles. The molecule has 1 aliphatic carbocycles. The Hall–Kier alpha value is -1.66. The van der Waals surface area contributed by atoms with Gasteiger partial charge in [0.25, 0.3) is 11.6 Å². The van der Waals surface area contributed by atoms with E-state index >= 15 is 0 Å². The smallest absolute Gasteiger partial charge is 0.259 e. The number of halogens is 1. The number of nitrogens with two attached hydrogens (primary N) is 1. The van der Waals surface area contributed by atoms with Crippen LogP contribution in [0, 0.1) is 5.92 Å². The van der Waals surface area contributed by atoms with Gasteiger partial charge in [-0.05, 0) is 51.0 Å². The van der Waals surface area contributed by atoms with Crippen LogP contribution in [0.5, 0.6) is 0 Å². The molecule has 148 valence electrons. The van der Waals surface area contributed by atoms with Gasteiger partial charge in [0.1, 0.15) is 0 Å². The van der Waals surface area contributed by atoms with Crippen LogP contribution in [0.1, 0.15) is 73.6 Å². The average molecular weight is 393 g/mol. The maximum atomic E-state index is 13.3. The fourth-order valence-electron chi connectivity index (χ4n) is 3.99. The van der Waals surface area contributed by atoms with Crippen LogP contribution in [-0.4, -0.2) is 40.1 Å². The molecule has 1 unspecified atom stereocenters. The van der Waals surface area contributed by atoms with E-state index in [2.05, 4.69) is 24.0 Å². The normalized spacial score (nSPS) is 19.1. The van der Waals surface area contributed by atoms with Gasteiger partial charge < -0.3 is 15.2 Å². The number of pyridine rings is 1. The van der Waals surface area contributed by atoms with Crippen molar-refractivity contribution in [1.29, 1.82) is 0 Å². The number of aromatic nitrogens is 2. The summed E-state index contributed by atoms with van der Waals surface area (Å²) in [7, 11) is 0. The molecule has 0 bridgehead atoms. The maximum absolute atomic E-state index is 13.3. The summed E-state index contributed by atoms with van der Waals surface area (Å²) in [6.45, 7) is 5.70. The number of hydrogen-bond acceptors (Lipinski definition) is 5. The summed E-state index contributed by atoms with van der Waals surface area (Å²) in [5, 5.41) is 5.02. The fourth-order valence-corrected chi connectivity index (χ4v) is 3.99. The van der Waals surface area contributed by atoms with Crippen LogP contribution >= 0.6 is 12.4 Å². The number of likely N-dealkylation sites (tertiary alicyclic amines) is 1. The predicted octanol–water partition coefficient (Wildman–Crippen LogP) is 3.67. The molecule has 2 aromatic rings. The zero-order valence-electron chi connectivity index (χ0n) is 16.1. The number of nitrogens with zero attached hydrogens (tertiary/aromatic N) is 3. The molecule has 0 spiro atoms. The first-order chi connectivity index (χ1) is 12.6. The molecule has 2 fully saturated rings. The topological polar surface area (TPSA) is 85.2 Å². The lowest BCUT2D eigenvalue weighted by molar-refractivity contribution is 0.0682. The molecule has 1 atom stereocenters. The molecule has 6 nitrogen and oxygen atoms in total. The minimum absolute atomic E-state index is 0. The number of carbonyl (C=O) groups is 1. The molecule has 1 saturated carbocycles. The molecule has 1 amide bonds. The Morgan fingerprint density at radius 2 is 2.04 bits per heavy atom. The van der Waals surface area contributed by atoms with E-state index in [9.17, 15) is 4.79 Å². The van der Waals surface area contributed by atoms with E-state index in [4.69, 9.17) is 10.3 Å². The molecule has 1 saturated heterocycles. The Bertz CT molecular complexity index is 808. The predicted molar refractivity (Wildman–Crippen MR) is 107 cm³/mol. The molecule has 0 aromatic carbocycles. The number of piperidine rings is 1. The monoisotopic (exact) mass is 392 g/mol. The largest absolute Gasteiger partial charge is 0.339 e. The molecule has 7 heteroatoms. The first-order valence-electron chi connectivity index (χ1n) is 9.92. The van der Waals surface area contributed by atoms with Crippen LogP contribution < -0.4 is 5.73 Å². The highest BCUT2D eigenvalue weighted by Gasteiger charge is 2.31. The second-order valence-electron chi connectivity index (χ2n) is 7.92. The van der Waals surface area contributed by atoms with Gasteiger partial charge in [0.2, 0.25) is 0 Å². The van der Waals surface area contributed by atoms with E-state index in [1.165, 1.54) is 0 Å². The number of carbonyl (C=O) groups excluding carboxylic acids is 1. The number of amides is 1. The highest BCUT2D eigenvalue weighted by Crippen LogP contribution is 2.41. The van der Waals surface area contributed by atoms with Gasteiger partial charge in [0.15, 0.2) is 0 Å². The van der Waals surface area contributed by atoms with Crippen LogP contribution in [0.15, 0.2) is 10.6 Å². The van der Waals surface area contributed by atoms with Crippen molar-refractivity contribution in [1.82, 2.24) is 15.0 Å². The van der Waals surface area contributed by atoms with Crippen molar-refractivity contribution in [3.05, 3.63) is 23.0 Å². The SMILES string of the molecule is CCCc1noc2nc(C3CC3)cc(C(=O)N3CCC(C(C)N)CC3)c12.Cl. The van der Waals surface area contributed by atoms with Crippen molar-refractivity contribution in [2.75, 3.05) is 13.1 Å². The fraction of sp³-hybridized carbons (Fsp3) is 0.650. The van der Waals surface area contributed by atoms with Gasteiger partial charge in [-0.15, -0.1) is 12.4 Å². The third-order valence-electron chi connectivity index (χ3n) is 5.82. The lowest BCUT2D eigenvalue weighted by Gasteiger charge is -2.33. The number of hydrogen-bond donors (Lipinski definition) is 1. The quantitative estimate of drug-likeness (QED) is 0.838. The van der Waals surface area contributed by atoms with E-state index < -0.39 is 0 Å². The molecule has 2 aliphatic rings. The summed E-state index contributed by atoms with van der Waals surface area (Å²) >= 11 is 0. The summed E-state index contributed by atoms with van der Waals surface area (Å²) in [5.74, 6) is 1.06. The standard InChI is InChI=1S/C20H28N4O2.ClH/c1-3-4-16-18-15(11-17(14-5-6-14)22-19(18)26-23-16)20(25)24-9-7-13(8-10-24)12(2)21;/h11-14H,3-10,21H2,1-2H3;1H. The van der Waals surface area contributed by atoms with Crippen LogP contribution in [0.2, 0.25) is 0 Å². The van der Waals surface area contributed by atoms with E-state index in [1.807, 2.05) is 11.0 Å². The summed E-state index contributed by atoms with van der Waals surface area (Å²) < 4.78 is 5.50. The highest BCUT2D eigenvalue weighted by molar-refractivity contribution is 6.06. The average Bonchev–Trinajstić information content (AvgIpc) is 3.43. The van der Waals surface area contributed by atoms with E-state index in [-0.39, 0.29) is 24.4 Å². The van der Waals surface area contributed by atoms with E-state index in [0.717, 1.165) is 74.0 Å². The maximum Gasteiger partial charge on any atom is 0.259 e. The van der Waals surface area contributed by atoms with Crippen LogP contribution in [0.4, 0.5) is 0 Å². The molecule has 0 radical (unpaired) electrons. The lowest BCUT2D eigenvalue weighted by atomic mass is 9.90. The second-order valence-corrected chi connectivity index (χ2v) is 7.92. The first kappa shape index (κ1) is 20.1. The highest BCUT2D eigenvalue weighted by atomic mass is 35.5. The van der Waals surface area contributed by atoms with E-state index in [1.54, 1.807) is 0 Å². The lowest BCUT2D eigenvalue weighted by Crippen LogP contribution is -2.42. The number of fused-ring (bicyclic) bond motifs is 1. The third-order valence-corrected chi connectivity index (χ3v) is 5.82. The summed E-state index contributed by atoms with van der Waals surface area (Å²) in [5.41, 5.74) is 9.11. The number of rotatable bonds is 5. The van der Waals surface area contributed by atoms with Crippen molar-refractivity contribution >= 4 is 29.4 Å². The molecule has 4 rings (SSSR count). The van der Waals surface area contributed by atoms with Crippen LogP contribution in [0.3, 0.4) is 0 Å². The Morgan fingerprint density at radius 3 is 2.63 bits per heavy atom. The van der Waals surface area contributed by atoms with Gasteiger partial charge in [-0.3, -0.25) is 4.79 Å². The van der Waals surface area contributed by atoms with Crippen molar-refractivity contribution in [3.8, 4) is 0 Å². The molecule has 2 aromatic heterocycles. The zero-order chi connectivity index (χ0) is 18.3. The Kier molecular flexibility index (Phi) is 6.06. The van der Waals surface area contributed by atoms with Gasteiger partial charge in [-0.1, -0.05) is 18.5 Å². The minimum Gasteiger partial charge on any atom is -0.339 e. The summed E-state index contributed by atoms with van der Waals surface area (Å²) in [4.78, 5) is 19.9. The summed E-state index contributed by atoms with van der Waals surface area (Å²) in [6, 6.07) is 2.19. The Morgan fingerprint density at radius 1 is 1.33 bits per heavy atom. The van der Waals surface area contributed by atoms with Crippen molar-refractivity contribution in [3.63, 3.8) is 0 Å². The van der Waals surface area contributed by atoms with Crippen molar-refractivity contribution in [2.24, 2.45) is 11.7 Å². The van der Waals surface area contributed by atoms with Crippen LogP contribution in [0.25, 0.3) is 11.1 Å². The molecule has 3 heterocycles.